The molecule has 0 bridgehead atoms. The smallest absolute Gasteiger partial charge is 0.307 e. The summed E-state index contributed by atoms with van der Waals surface area (Å²) in [4.78, 5) is 10.9. The zero-order valence-electron chi connectivity index (χ0n) is 11.9. The Kier molecular flexibility index (Phi) is 6.68. The summed E-state index contributed by atoms with van der Waals surface area (Å²) in [5, 5.41) is 8.91. The van der Waals surface area contributed by atoms with E-state index < -0.39 is 29.3 Å². The van der Waals surface area contributed by atoms with Crippen molar-refractivity contribution in [3.05, 3.63) is 35.1 Å². The highest BCUT2D eigenvalue weighted by atomic mass is 19.2. The van der Waals surface area contributed by atoms with E-state index in [0.29, 0.717) is 25.3 Å². The van der Waals surface area contributed by atoms with Crippen LogP contribution in [0.2, 0.25) is 0 Å². The van der Waals surface area contributed by atoms with Crippen molar-refractivity contribution in [2.45, 2.75) is 32.6 Å². The first-order chi connectivity index (χ1) is 9.85. The molecule has 1 aromatic rings. The average Bonchev–Trinajstić information content (AvgIpc) is 2.41. The normalized spacial score (nSPS) is 14.0. The standard InChI is InChI=1S/C15H20F3NO2/c1-9(5-11(8-19)15(20)21)3-2-4-10-6-12(16)7-13(17)14(10)18/h6-7,9,11H,2-5,8,19H2,1H3,(H,20,21). The molecular formula is C15H20F3NO2. The lowest BCUT2D eigenvalue weighted by molar-refractivity contribution is -0.141. The van der Waals surface area contributed by atoms with Crippen molar-refractivity contribution < 1.29 is 23.1 Å². The average molecular weight is 303 g/mol. The Bertz CT molecular complexity index is 494. The van der Waals surface area contributed by atoms with Crippen LogP contribution in [0.3, 0.4) is 0 Å². The predicted molar refractivity (Wildman–Crippen MR) is 73.2 cm³/mol. The molecule has 21 heavy (non-hydrogen) atoms. The number of halogens is 3. The van der Waals surface area contributed by atoms with Gasteiger partial charge in [-0.05, 0) is 36.8 Å². The fourth-order valence-electron chi connectivity index (χ4n) is 2.33. The molecule has 0 aliphatic carbocycles. The molecule has 1 rings (SSSR count). The molecule has 3 nitrogen and oxygen atoms in total. The number of nitrogens with two attached hydrogens (primary N) is 1. The number of aliphatic carboxylic acids is 1. The van der Waals surface area contributed by atoms with E-state index in [2.05, 4.69) is 0 Å². The predicted octanol–water partition coefficient (Wildman–Crippen LogP) is 3.11. The first-order valence-corrected chi connectivity index (χ1v) is 6.91. The Balaban J connectivity index is 2.48. The molecule has 0 saturated carbocycles. The van der Waals surface area contributed by atoms with Crippen LogP contribution in [-0.2, 0) is 11.2 Å². The molecule has 0 fully saturated rings. The van der Waals surface area contributed by atoms with E-state index >= 15 is 0 Å². The van der Waals surface area contributed by atoms with Gasteiger partial charge in [0.1, 0.15) is 5.82 Å². The summed E-state index contributed by atoms with van der Waals surface area (Å²) in [5.74, 6) is -4.44. The molecular weight excluding hydrogens is 283 g/mol. The number of hydrogen-bond acceptors (Lipinski definition) is 2. The van der Waals surface area contributed by atoms with E-state index in [0.717, 1.165) is 6.07 Å². The van der Waals surface area contributed by atoms with Gasteiger partial charge in [0.2, 0.25) is 0 Å². The van der Waals surface area contributed by atoms with Crippen molar-refractivity contribution >= 4 is 5.97 Å². The van der Waals surface area contributed by atoms with Gasteiger partial charge in [0.15, 0.2) is 11.6 Å². The number of hydrogen-bond donors (Lipinski definition) is 2. The van der Waals surface area contributed by atoms with Crippen LogP contribution in [0.25, 0.3) is 0 Å². The summed E-state index contributed by atoms with van der Waals surface area (Å²) in [6.45, 7) is 1.96. The highest BCUT2D eigenvalue weighted by Gasteiger charge is 2.19. The van der Waals surface area contributed by atoms with Gasteiger partial charge >= 0.3 is 5.97 Å². The molecule has 0 spiro atoms. The van der Waals surface area contributed by atoms with Gasteiger partial charge in [-0.15, -0.1) is 0 Å². The summed E-state index contributed by atoms with van der Waals surface area (Å²) >= 11 is 0. The first-order valence-electron chi connectivity index (χ1n) is 6.91. The minimum atomic E-state index is -1.19. The zero-order chi connectivity index (χ0) is 16.0. The second-order valence-corrected chi connectivity index (χ2v) is 5.36. The SMILES string of the molecule is CC(CCCc1cc(F)cc(F)c1F)CC(CN)C(=O)O. The number of rotatable bonds is 8. The van der Waals surface area contributed by atoms with Crippen molar-refractivity contribution in [2.24, 2.45) is 17.6 Å². The van der Waals surface area contributed by atoms with Crippen molar-refractivity contribution in [3.63, 3.8) is 0 Å². The summed E-state index contributed by atoms with van der Waals surface area (Å²) in [6, 6.07) is 1.50. The van der Waals surface area contributed by atoms with E-state index in [1.54, 1.807) is 0 Å². The fourth-order valence-corrected chi connectivity index (χ4v) is 2.33. The van der Waals surface area contributed by atoms with Crippen LogP contribution in [-0.4, -0.2) is 17.6 Å². The third kappa shape index (κ3) is 5.38. The van der Waals surface area contributed by atoms with E-state index in [4.69, 9.17) is 10.8 Å². The molecule has 0 heterocycles. The highest BCUT2D eigenvalue weighted by Crippen LogP contribution is 2.21. The van der Waals surface area contributed by atoms with Gasteiger partial charge in [-0.3, -0.25) is 4.79 Å². The maximum atomic E-state index is 13.4. The van der Waals surface area contributed by atoms with Gasteiger partial charge in [-0.1, -0.05) is 13.3 Å². The number of carboxylic acids is 1. The van der Waals surface area contributed by atoms with Gasteiger partial charge in [-0.25, -0.2) is 13.2 Å². The van der Waals surface area contributed by atoms with Crippen LogP contribution in [0, 0.1) is 29.3 Å². The maximum absolute atomic E-state index is 13.4. The minimum Gasteiger partial charge on any atom is -0.481 e. The number of carboxylic acid groups (broad SMARTS) is 1. The van der Waals surface area contributed by atoms with Crippen LogP contribution in [0.1, 0.15) is 31.7 Å². The van der Waals surface area contributed by atoms with Gasteiger partial charge in [0, 0.05) is 12.6 Å². The molecule has 0 aliphatic rings. The van der Waals surface area contributed by atoms with Crippen LogP contribution in [0.15, 0.2) is 12.1 Å². The van der Waals surface area contributed by atoms with Gasteiger partial charge in [0.05, 0.1) is 5.92 Å². The highest BCUT2D eigenvalue weighted by molar-refractivity contribution is 5.70. The minimum absolute atomic E-state index is 0.00769. The van der Waals surface area contributed by atoms with Crippen molar-refractivity contribution in [3.8, 4) is 0 Å². The molecule has 2 atom stereocenters. The van der Waals surface area contributed by atoms with Gasteiger partial charge in [0.25, 0.3) is 0 Å². The molecule has 0 aromatic heterocycles. The number of aryl methyl sites for hydroxylation is 1. The molecule has 0 radical (unpaired) electrons. The van der Waals surface area contributed by atoms with Crippen LogP contribution in [0.5, 0.6) is 0 Å². The van der Waals surface area contributed by atoms with Gasteiger partial charge < -0.3 is 10.8 Å². The molecule has 0 saturated heterocycles. The lowest BCUT2D eigenvalue weighted by atomic mass is 9.91. The zero-order valence-corrected chi connectivity index (χ0v) is 11.9. The molecule has 2 unspecified atom stereocenters. The Morgan fingerprint density at radius 2 is 2.00 bits per heavy atom. The first kappa shape index (κ1) is 17.5. The molecule has 118 valence electrons. The summed E-state index contributed by atoms with van der Waals surface area (Å²) in [7, 11) is 0. The van der Waals surface area contributed by atoms with Crippen LogP contribution >= 0.6 is 0 Å². The molecule has 0 amide bonds. The Hall–Kier alpha value is -1.56. The number of benzene rings is 1. The van der Waals surface area contributed by atoms with Gasteiger partial charge in [-0.2, -0.15) is 0 Å². The Morgan fingerprint density at radius 1 is 1.33 bits per heavy atom. The Labute approximate surface area is 122 Å². The number of carbonyl (C=O) groups is 1. The van der Waals surface area contributed by atoms with Crippen molar-refractivity contribution in [2.75, 3.05) is 6.54 Å². The summed E-state index contributed by atoms with van der Waals surface area (Å²) in [6.07, 6.45) is 1.82. The largest absolute Gasteiger partial charge is 0.481 e. The monoisotopic (exact) mass is 303 g/mol. The van der Waals surface area contributed by atoms with Crippen LogP contribution in [0.4, 0.5) is 13.2 Å². The van der Waals surface area contributed by atoms with Crippen molar-refractivity contribution in [1.29, 1.82) is 0 Å². The lowest BCUT2D eigenvalue weighted by Gasteiger charge is -2.16. The van der Waals surface area contributed by atoms with E-state index in [1.165, 1.54) is 0 Å². The second kappa shape index (κ2) is 8.02. The Morgan fingerprint density at radius 3 is 2.57 bits per heavy atom. The summed E-state index contributed by atoms with van der Waals surface area (Å²) < 4.78 is 39.5. The third-order valence-electron chi connectivity index (χ3n) is 3.53. The maximum Gasteiger partial charge on any atom is 0.307 e. The van der Waals surface area contributed by atoms with E-state index in [9.17, 15) is 18.0 Å². The topological polar surface area (TPSA) is 63.3 Å². The summed E-state index contributed by atoms with van der Waals surface area (Å²) in [5.41, 5.74) is 5.39. The lowest BCUT2D eigenvalue weighted by Crippen LogP contribution is -2.25. The molecule has 6 heteroatoms. The fraction of sp³-hybridized carbons (Fsp3) is 0.533. The van der Waals surface area contributed by atoms with E-state index in [-0.39, 0.29) is 24.4 Å². The molecule has 0 aliphatic heterocycles. The second-order valence-electron chi connectivity index (χ2n) is 5.36. The molecule has 3 N–H and O–H groups in total. The quantitative estimate of drug-likeness (QED) is 0.725. The van der Waals surface area contributed by atoms with Crippen molar-refractivity contribution in [1.82, 2.24) is 0 Å². The van der Waals surface area contributed by atoms with E-state index in [1.807, 2.05) is 6.92 Å². The van der Waals surface area contributed by atoms with Crippen LogP contribution < -0.4 is 5.73 Å². The molecule has 1 aromatic carbocycles. The third-order valence-corrected chi connectivity index (χ3v) is 3.53.